The molecule has 1 atom stereocenters. The van der Waals surface area contributed by atoms with Crippen molar-refractivity contribution in [1.82, 2.24) is 15.0 Å². The van der Waals surface area contributed by atoms with Crippen molar-refractivity contribution in [1.29, 1.82) is 0 Å². The summed E-state index contributed by atoms with van der Waals surface area (Å²) in [5.41, 5.74) is 2.18. The SMILES string of the molecule is Cc1cc(OCC2CCCN(Cc3cnoc3C)C2)ccn1. The highest BCUT2D eigenvalue weighted by atomic mass is 16.5. The maximum Gasteiger partial charge on any atom is 0.138 e. The van der Waals surface area contributed by atoms with Gasteiger partial charge in [0.05, 0.1) is 12.8 Å². The topological polar surface area (TPSA) is 51.4 Å². The molecule has 0 N–H and O–H groups in total. The summed E-state index contributed by atoms with van der Waals surface area (Å²) in [4.78, 5) is 6.66. The molecule has 1 aliphatic heterocycles. The Bertz CT molecular complexity index is 611. The highest BCUT2D eigenvalue weighted by Crippen LogP contribution is 2.21. The first kappa shape index (κ1) is 15.0. The highest BCUT2D eigenvalue weighted by Gasteiger charge is 2.21. The van der Waals surface area contributed by atoms with Crippen LogP contribution in [0.3, 0.4) is 0 Å². The van der Waals surface area contributed by atoms with Crippen LogP contribution in [0, 0.1) is 19.8 Å². The van der Waals surface area contributed by atoms with Crippen molar-refractivity contribution < 1.29 is 9.26 Å². The van der Waals surface area contributed by atoms with E-state index in [1.54, 1.807) is 6.20 Å². The van der Waals surface area contributed by atoms with Gasteiger partial charge in [-0.2, -0.15) is 0 Å². The Balaban J connectivity index is 1.51. The van der Waals surface area contributed by atoms with Crippen molar-refractivity contribution in [3.05, 3.63) is 41.5 Å². The molecule has 0 aromatic carbocycles. The van der Waals surface area contributed by atoms with E-state index in [4.69, 9.17) is 9.26 Å². The Kier molecular flexibility index (Phi) is 4.73. The van der Waals surface area contributed by atoms with Crippen LogP contribution in [0.1, 0.15) is 29.9 Å². The van der Waals surface area contributed by atoms with Crippen LogP contribution in [0.25, 0.3) is 0 Å². The van der Waals surface area contributed by atoms with Crippen molar-refractivity contribution in [3.8, 4) is 5.75 Å². The summed E-state index contributed by atoms with van der Waals surface area (Å²) in [6.07, 6.45) is 6.07. The highest BCUT2D eigenvalue weighted by molar-refractivity contribution is 5.21. The molecule has 0 spiro atoms. The van der Waals surface area contributed by atoms with Gasteiger partial charge in [-0.1, -0.05) is 5.16 Å². The molecular weight excluding hydrogens is 278 g/mol. The second-order valence-electron chi connectivity index (χ2n) is 6.09. The predicted octanol–water partition coefficient (Wildman–Crippen LogP) is 2.98. The van der Waals surface area contributed by atoms with Crippen LogP contribution in [0.4, 0.5) is 0 Å². The summed E-state index contributed by atoms with van der Waals surface area (Å²) in [5.74, 6) is 2.41. The fourth-order valence-electron chi connectivity index (χ4n) is 2.97. The van der Waals surface area contributed by atoms with E-state index in [0.717, 1.165) is 43.4 Å². The Morgan fingerprint density at radius 2 is 2.32 bits per heavy atom. The van der Waals surface area contributed by atoms with E-state index in [2.05, 4.69) is 15.0 Å². The van der Waals surface area contributed by atoms with Crippen molar-refractivity contribution >= 4 is 0 Å². The van der Waals surface area contributed by atoms with Gasteiger partial charge in [0.2, 0.25) is 0 Å². The van der Waals surface area contributed by atoms with Gasteiger partial charge in [-0.25, -0.2) is 0 Å². The smallest absolute Gasteiger partial charge is 0.138 e. The third-order valence-corrected chi connectivity index (χ3v) is 4.20. The molecule has 1 aliphatic rings. The van der Waals surface area contributed by atoms with Gasteiger partial charge in [-0.3, -0.25) is 9.88 Å². The lowest BCUT2D eigenvalue weighted by molar-refractivity contribution is 0.124. The Morgan fingerprint density at radius 3 is 3.09 bits per heavy atom. The summed E-state index contributed by atoms with van der Waals surface area (Å²) < 4.78 is 11.1. The first-order valence-electron chi connectivity index (χ1n) is 7.88. The molecule has 1 unspecified atom stereocenters. The number of aryl methyl sites for hydroxylation is 2. The number of nitrogens with zero attached hydrogens (tertiary/aromatic N) is 3. The van der Waals surface area contributed by atoms with Crippen LogP contribution in [0.5, 0.6) is 5.75 Å². The van der Waals surface area contributed by atoms with Crippen molar-refractivity contribution in [3.63, 3.8) is 0 Å². The number of hydrogen-bond acceptors (Lipinski definition) is 5. The summed E-state index contributed by atoms with van der Waals surface area (Å²) in [6.45, 7) is 7.84. The van der Waals surface area contributed by atoms with E-state index in [1.165, 1.54) is 18.4 Å². The molecule has 22 heavy (non-hydrogen) atoms. The maximum absolute atomic E-state index is 5.94. The van der Waals surface area contributed by atoms with Gasteiger partial charge in [0.1, 0.15) is 11.5 Å². The Morgan fingerprint density at radius 1 is 1.41 bits per heavy atom. The molecule has 5 heteroatoms. The fraction of sp³-hybridized carbons (Fsp3) is 0.529. The van der Waals surface area contributed by atoms with Crippen LogP contribution < -0.4 is 4.74 Å². The number of likely N-dealkylation sites (tertiary alicyclic amines) is 1. The summed E-state index contributed by atoms with van der Waals surface area (Å²) in [5, 5.41) is 3.86. The standard InChI is InChI=1S/C17H23N3O2/c1-13-8-17(5-6-18-13)21-12-15-4-3-7-20(10-15)11-16-9-19-22-14(16)2/h5-6,8-9,15H,3-4,7,10-12H2,1-2H3. The maximum atomic E-state index is 5.94. The van der Waals surface area contributed by atoms with Crippen molar-refractivity contribution in [2.24, 2.45) is 5.92 Å². The normalized spacial score (nSPS) is 19.3. The Hall–Kier alpha value is -1.88. The molecule has 3 heterocycles. The zero-order valence-corrected chi connectivity index (χ0v) is 13.3. The fourth-order valence-corrected chi connectivity index (χ4v) is 2.97. The predicted molar refractivity (Wildman–Crippen MR) is 83.7 cm³/mol. The number of piperidine rings is 1. The van der Waals surface area contributed by atoms with Crippen LogP contribution in [-0.2, 0) is 6.54 Å². The number of pyridine rings is 1. The third-order valence-electron chi connectivity index (χ3n) is 4.20. The number of hydrogen-bond donors (Lipinski definition) is 0. The molecule has 2 aromatic rings. The summed E-state index contributed by atoms with van der Waals surface area (Å²) >= 11 is 0. The van der Waals surface area contributed by atoms with Crippen LogP contribution >= 0.6 is 0 Å². The molecule has 0 saturated carbocycles. The second-order valence-corrected chi connectivity index (χ2v) is 6.09. The zero-order chi connectivity index (χ0) is 15.4. The molecule has 0 aliphatic carbocycles. The molecule has 0 amide bonds. The van der Waals surface area contributed by atoms with E-state index >= 15 is 0 Å². The van der Waals surface area contributed by atoms with Crippen molar-refractivity contribution in [2.45, 2.75) is 33.2 Å². The second kappa shape index (κ2) is 6.92. The Labute approximate surface area is 131 Å². The lowest BCUT2D eigenvalue weighted by Gasteiger charge is -2.32. The van der Waals surface area contributed by atoms with Crippen LogP contribution in [0.15, 0.2) is 29.0 Å². The van der Waals surface area contributed by atoms with E-state index in [1.807, 2.05) is 32.2 Å². The van der Waals surface area contributed by atoms with Gasteiger partial charge in [0.15, 0.2) is 0 Å². The minimum Gasteiger partial charge on any atom is -0.493 e. The zero-order valence-electron chi connectivity index (χ0n) is 13.3. The minimum atomic E-state index is 0.572. The van der Waals surface area contributed by atoms with Gasteiger partial charge in [0.25, 0.3) is 0 Å². The van der Waals surface area contributed by atoms with Gasteiger partial charge in [-0.05, 0) is 39.3 Å². The van der Waals surface area contributed by atoms with E-state index in [-0.39, 0.29) is 0 Å². The molecule has 3 rings (SSSR count). The van der Waals surface area contributed by atoms with E-state index < -0.39 is 0 Å². The molecule has 1 saturated heterocycles. The largest absolute Gasteiger partial charge is 0.493 e. The molecule has 2 aromatic heterocycles. The van der Waals surface area contributed by atoms with E-state index in [0.29, 0.717) is 5.92 Å². The van der Waals surface area contributed by atoms with Gasteiger partial charge >= 0.3 is 0 Å². The van der Waals surface area contributed by atoms with Crippen LogP contribution in [-0.4, -0.2) is 34.7 Å². The molecule has 0 radical (unpaired) electrons. The quantitative estimate of drug-likeness (QED) is 0.850. The lowest BCUT2D eigenvalue weighted by Crippen LogP contribution is -2.37. The molecular formula is C17H23N3O2. The van der Waals surface area contributed by atoms with E-state index in [9.17, 15) is 0 Å². The summed E-state index contributed by atoms with van der Waals surface area (Å²) in [7, 11) is 0. The first-order valence-corrected chi connectivity index (χ1v) is 7.88. The molecule has 118 valence electrons. The number of aromatic nitrogens is 2. The molecule has 1 fully saturated rings. The average molecular weight is 301 g/mol. The number of ether oxygens (including phenoxy) is 1. The molecule has 5 nitrogen and oxygen atoms in total. The average Bonchev–Trinajstić information content (AvgIpc) is 2.91. The first-order chi connectivity index (χ1) is 10.7. The summed E-state index contributed by atoms with van der Waals surface area (Å²) in [6, 6.07) is 3.91. The van der Waals surface area contributed by atoms with Crippen molar-refractivity contribution in [2.75, 3.05) is 19.7 Å². The third kappa shape index (κ3) is 3.85. The van der Waals surface area contributed by atoms with Gasteiger partial charge in [0, 0.05) is 42.5 Å². The lowest BCUT2D eigenvalue weighted by atomic mass is 9.98. The monoisotopic (exact) mass is 301 g/mol. The van der Waals surface area contributed by atoms with Crippen LogP contribution in [0.2, 0.25) is 0 Å². The minimum absolute atomic E-state index is 0.572. The van der Waals surface area contributed by atoms with Gasteiger partial charge in [-0.15, -0.1) is 0 Å². The molecule has 0 bridgehead atoms. The number of rotatable bonds is 5. The van der Waals surface area contributed by atoms with Gasteiger partial charge < -0.3 is 9.26 Å².